The molecule has 0 saturated heterocycles. The lowest BCUT2D eigenvalue weighted by Gasteiger charge is -2.22. The summed E-state index contributed by atoms with van der Waals surface area (Å²) in [4.78, 5) is 23.7. The molecule has 0 fully saturated rings. The molecule has 126 valence electrons. The van der Waals surface area contributed by atoms with E-state index in [1.807, 2.05) is 30.3 Å². The van der Waals surface area contributed by atoms with Crippen LogP contribution in [-0.2, 0) is 20.9 Å². The molecule has 7 heteroatoms. The number of hydrogen-bond acceptors (Lipinski definition) is 6. The third-order valence-electron chi connectivity index (χ3n) is 2.71. The van der Waals surface area contributed by atoms with E-state index in [9.17, 15) is 9.59 Å². The van der Waals surface area contributed by atoms with Gasteiger partial charge in [0, 0.05) is 0 Å². The van der Waals surface area contributed by atoms with Gasteiger partial charge in [-0.05, 0) is 26.3 Å². The number of ether oxygens (including phenoxy) is 2. The molecule has 0 aromatic heterocycles. The molecule has 0 aliphatic rings. The van der Waals surface area contributed by atoms with Crippen LogP contribution in [0, 0.1) is 5.53 Å². The van der Waals surface area contributed by atoms with E-state index in [-0.39, 0.29) is 13.2 Å². The molecule has 0 aliphatic heterocycles. The summed E-state index contributed by atoms with van der Waals surface area (Å²) >= 11 is 0. The zero-order valence-electron chi connectivity index (χ0n) is 13.7. The fraction of sp³-hybridized carbons (Fsp3) is 0.500. The zero-order valence-corrected chi connectivity index (χ0v) is 13.7. The second kappa shape index (κ2) is 8.99. The molecule has 1 rings (SSSR count). The number of carbonyl (C=O) groups is 2. The molecule has 0 heterocycles. The van der Waals surface area contributed by atoms with E-state index in [4.69, 9.17) is 15.0 Å². The summed E-state index contributed by atoms with van der Waals surface area (Å²) < 4.78 is 10.6. The SMILES string of the molecule is CC(C)(C)OC(=O)N[C@H](COCc1ccccc1)C(=O)CN=N. The average Bonchev–Trinajstić information content (AvgIpc) is 2.45. The number of alkyl carbamates (subject to hydrolysis) is 1. The average molecular weight is 321 g/mol. The number of Topliss-reactive ketones (excluding diaryl/α,β-unsaturated/α-hetero) is 1. The predicted octanol–water partition coefficient (Wildman–Crippen LogP) is 2.70. The van der Waals surface area contributed by atoms with Crippen molar-refractivity contribution in [1.29, 1.82) is 5.53 Å². The minimum absolute atomic E-state index is 0.0114. The highest BCUT2D eigenvalue weighted by Crippen LogP contribution is 2.07. The van der Waals surface area contributed by atoms with E-state index in [0.717, 1.165) is 5.56 Å². The Morgan fingerprint density at radius 1 is 1.26 bits per heavy atom. The second-order valence-electron chi connectivity index (χ2n) is 5.98. The van der Waals surface area contributed by atoms with Crippen LogP contribution in [-0.4, -0.2) is 36.7 Å². The number of hydrogen-bond donors (Lipinski definition) is 2. The largest absolute Gasteiger partial charge is 0.444 e. The first-order chi connectivity index (χ1) is 10.8. The Balaban J connectivity index is 2.56. The summed E-state index contributed by atoms with van der Waals surface area (Å²) in [5, 5.41) is 5.52. The van der Waals surface area contributed by atoms with Gasteiger partial charge in [0.05, 0.1) is 13.2 Å². The van der Waals surface area contributed by atoms with Gasteiger partial charge in [-0.3, -0.25) is 4.79 Å². The van der Waals surface area contributed by atoms with E-state index < -0.39 is 23.5 Å². The molecular formula is C16H23N3O4. The summed E-state index contributed by atoms with van der Waals surface area (Å²) in [7, 11) is 0. The number of benzene rings is 1. The van der Waals surface area contributed by atoms with Crippen LogP contribution in [0.25, 0.3) is 0 Å². The van der Waals surface area contributed by atoms with E-state index in [2.05, 4.69) is 10.4 Å². The van der Waals surface area contributed by atoms with E-state index in [1.54, 1.807) is 20.8 Å². The van der Waals surface area contributed by atoms with Gasteiger partial charge in [0.15, 0.2) is 5.78 Å². The number of rotatable bonds is 8. The van der Waals surface area contributed by atoms with E-state index >= 15 is 0 Å². The van der Waals surface area contributed by atoms with Gasteiger partial charge in [-0.25, -0.2) is 10.3 Å². The van der Waals surface area contributed by atoms with Gasteiger partial charge in [0.25, 0.3) is 0 Å². The molecule has 0 unspecified atom stereocenters. The summed E-state index contributed by atoms with van der Waals surface area (Å²) in [5.74, 6) is -0.404. The Kier molecular flexibility index (Phi) is 7.34. The number of nitrogens with zero attached hydrogens (tertiary/aromatic N) is 1. The fourth-order valence-corrected chi connectivity index (χ4v) is 1.72. The van der Waals surface area contributed by atoms with Crippen molar-refractivity contribution < 1.29 is 19.1 Å². The van der Waals surface area contributed by atoms with Crippen molar-refractivity contribution in [3.05, 3.63) is 35.9 Å². The summed E-state index contributed by atoms with van der Waals surface area (Å²) in [6.45, 7) is 5.19. The van der Waals surface area contributed by atoms with Crippen molar-refractivity contribution >= 4 is 11.9 Å². The number of carbonyl (C=O) groups excluding carboxylic acids is 2. The molecule has 1 aromatic carbocycles. The first kappa shape index (κ1) is 18.8. The maximum absolute atomic E-state index is 11.9. The normalized spacial score (nSPS) is 12.3. The van der Waals surface area contributed by atoms with Crippen LogP contribution in [0.2, 0.25) is 0 Å². The van der Waals surface area contributed by atoms with Gasteiger partial charge < -0.3 is 14.8 Å². The van der Waals surface area contributed by atoms with Gasteiger partial charge in [0.2, 0.25) is 0 Å². The van der Waals surface area contributed by atoms with Crippen LogP contribution in [0.4, 0.5) is 4.79 Å². The monoisotopic (exact) mass is 321 g/mol. The van der Waals surface area contributed by atoms with Crippen LogP contribution in [0.5, 0.6) is 0 Å². The molecule has 0 aliphatic carbocycles. The van der Waals surface area contributed by atoms with Crippen molar-refractivity contribution in [2.75, 3.05) is 13.2 Å². The molecule has 0 spiro atoms. The summed E-state index contributed by atoms with van der Waals surface area (Å²) in [6.07, 6.45) is -0.704. The van der Waals surface area contributed by atoms with Crippen LogP contribution >= 0.6 is 0 Å². The molecule has 2 N–H and O–H groups in total. The number of amides is 1. The molecule has 0 saturated carbocycles. The van der Waals surface area contributed by atoms with Crippen LogP contribution < -0.4 is 5.32 Å². The van der Waals surface area contributed by atoms with Crippen LogP contribution in [0.15, 0.2) is 35.4 Å². The maximum atomic E-state index is 11.9. The Morgan fingerprint density at radius 2 is 1.91 bits per heavy atom. The highest BCUT2D eigenvalue weighted by atomic mass is 16.6. The molecule has 23 heavy (non-hydrogen) atoms. The molecule has 1 atom stereocenters. The third kappa shape index (κ3) is 8.06. The lowest BCUT2D eigenvalue weighted by molar-refractivity contribution is -0.121. The summed E-state index contributed by atoms with van der Waals surface area (Å²) in [5.41, 5.74) is 7.08. The van der Waals surface area contributed by atoms with Crippen molar-refractivity contribution in [1.82, 2.24) is 5.32 Å². The third-order valence-corrected chi connectivity index (χ3v) is 2.71. The first-order valence-corrected chi connectivity index (χ1v) is 7.29. The van der Waals surface area contributed by atoms with Crippen LogP contribution in [0.3, 0.4) is 0 Å². The first-order valence-electron chi connectivity index (χ1n) is 7.29. The van der Waals surface area contributed by atoms with Gasteiger partial charge in [-0.1, -0.05) is 30.3 Å². The van der Waals surface area contributed by atoms with Crippen molar-refractivity contribution in [3.8, 4) is 0 Å². The van der Waals surface area contributed by atoms with E-state index in [1.165, 1.54) is 0 Å². The minimum atomic E-state index is -0.900. The molecule has 0 radical (unpaired) electrons. The molecule has 0 bridgehead atoms. The minimum Gasteiger partial charge on any atom is -0.444 e. The molecule has 1 aromatic rings. The van der Waals surface area contributed by atoms with Gasteiger partial charge in [-0.2, -0.15) is 5.11 Å². The number of ketones is 1. The van der Waals surface area contributed by atoms with Crippen molar-refractivity contribution in [3.63, 3.8) is 0 Å². The lowest BCUT2D eigenvalue weighted by Crippen LogP contribution is -2.46. The standard InChI is InChI=1S/C16H23N3O4/c1-16(2,3)23-15(21)19-13(14(20)9-18-17)11-22-10-12-7-5-4-6-8-12/h4-8,13,17H,9-11H2,1-3H3,(H,19,21)/t13-/m1/s1. The van der Waals surface area contributed by atoms with E-state index in [0.29, 0.717) is 6.61 Å². The second-order valence-corrected chi connectivity index (χ2v) is 5.98. The van der Waals surface area contributed by atoms with Gasteiger partial charge >= 0.3 is 6.09 Å². The summed E-state index contributed by atoms with van der Waals surface area (Å²) in [6, 6.07) is 8.57. The zero-order chi connectivity index (χ0) is 17.3. The quantitative estimate of drug-likeness (QED) is 0.719. The Hall–Kier alpha value is -2.28. The fourth-order valence-electron chi connectivity index (χ4n) is 1.72. The highest BCUT2D eigenvalue weighted by Gasteiger charge is 2.24. The highest BCUT2D eigenvalue weighted by molar-refractivity contribution is 5.89. The van der Waals surface area contributed by atoms with Crippen molar-refractivity contribution in [2.24, 2.45) is 5.11 Å². The maximum Gasteiger partial charge on any atom is 0.408 e. The van der Waals surface area contributed by atoms with Crippen molar-refractivity contribution in [2.45, 2.75) is 39.0 Å². The lowest BCUT2D eigenvalue weighted by atomic mass is 10.2. The van der Waals surface area contributed by atoms with Crippen LogP contribution in [0.1, 0.15) is 26.3 Å². The predicted molar refractivity (Wildman–Crippen MR) is 84.3 cm³/mol. The molecule has 1 amide bonds. The topological polar surface area (TPSA) is 101 Å². The molecular weight excluding hydrogens is 298 g/mol. The van der Waals surface area contributed by atoms with Gasteiger partial charge in [-0.15, -0.1) is 0 Å². The Morgan fingerprint density at radius 3 is 2.48 bits per heavy atom. The molecule has 7 nitrogen and oxygen atoms in total. The Bertz CT molecular complexity index is 526. The Labute approximate surface area is 135 Å². The van der Waals surface area contributed by atoms with Gasteiger partial charge in [0.1, 0.15) is 18.2 Å². The number of nitrogens with one attached hydrogen (secondary N) is 2. The smallest absolute Gasteiger partial charge is 0.408 e.